The van der Waals surface area contributed by atoms with Crippen LogP contribution in [0.1, 0.15) is 21.9 Å². The van der Waals surface area contributed by atoms with Crippen LogP contribution in [0.2, 0.25) is 0 Å². The zero-order chi connectivity index (χ0) is 20.1. The number of benzene rings is 1. The number of aromatic nitrogens is 5. The molecule has 29 heavy (non-hydrogen) atoms. The Hall–Kier alpha value is -3.59. The fourth-order valence-corrected chi connectivity index (χ4v) is 4.24. The number of fused-ring (bicyclic) bond motifs is 2. The molecule has 0 unspecified atom stereocenters. The van der Waals surface area contributed by atoms with Gasteiger partial charge < -0.3 is 5.32 Å². The second kappa shape index (κ2) is 6.49. The molecule has 5 aromatic rings. The first-order chi connectivity index (χ1) is 14.0. The Kier molecular flexibility index (Phi) is 3.92. The minimum atomic E-state index is -0.388. The SMILES string of the molecule is Cc1cc(NC(=O)c2c(C)nc3ccccn23)n(-c2nc3c(F)cccc3s2)n1. The lowest BCUT2D eigenvalue weighted by atomic mass is 10.3. The van der Waals surface area contributed by atoms with Gasteiger partial charge in [0.15, 0.2) is 0 Å². The van der Waals surface area contributed by atoms with E-state index in [4.69, 9.17) is 0 Å². The highest BCUT2D eigenvalue weighted by Crippen LogP contribution is 2.29. The van der Waals surface area contributed by atoms with E-state index in [1.54, 1.807) is 35.7 Å². The van der Waals surface area contributed by atoms with Crippen LogP contribution in [-0.4, -0.2) is 30.1 Å². The van der Waals surface area contributed by atoms with Crippen molar-refractivity contribution in [1.29, 1.82) is 0 Å². The smallest absolute Gasteiger partial charge is 0.275 e. The van der Waals surface area contributed by atoms with Crippen molar-refractivity contribution in [1.82, 2.24) is 24.1 Å². The molecular weight excluding hydrogens is 391 g/mol. The van der Waals surface area contributed by atoms with Crippen LogP contribution in [0.4, 0.5) is 10.2 Å². The zero-order valence-corrected chi connectivity index (χ0v) is 16.4. The van der Waals surface area contributed by atoms with E-state index in [1.807, 2.05) is 25.1 Å². The van der Waals surface area contributed by atoms with Gasteiger partial charge in [0.25, 0.3) is 5.91 Å². The van der Waals surface area contributed by atoms with Crippen molar-refractivity contribution in [3.8, 4) is 5.13 Å². The minimum Gasteiger partial charge on any atom is -0.305 e. The van der Waals surface area contributed by atoms with Crippen LogP contribution in [0.15, 0.2) is 48.7 Å². The Morgan fingerprint density at radius 1 is 1.14 bits per heavy atom. The molecule has 0 radical (unpaired) electrons. The van der Waals surface area contributed by atoms with E-state index >= 15 is 0 Å². The van der Waals surface area contributed by atoms with Crippen molar-refractivity contribution in [2.24, 2.45) is 0 Å². The number of aryl methyl sites for hydroxylation is 2. The predicted molar refractivity (Wildman–Crippen MR) is 109 cm³/mol. The molecule has 1 amide bonds. The van der Waals surface area contributed by atoms with Gasteiger partial charge in [-0.2, -0.15) is 9.78 Å². The largest absolute Gasteiger partial charge is 0.305 e. The third kappa shape index (κ3) is 2.87. The van der Waals surface area contributed by atoms with Gasteiger partial charge >= 0.3 is 0 Å². The fourth-order valence-electron chi connectivity index (χ4n) is 3.29. The van der Waals surface area contributed by atoms with Gasteiger partial charge in [-0.15, -0.1) is 0 Å². The van der Waals surface area contributed by atoms with Crippen molar-refractivity contribution in [2.45, 2.75) is 13.8 Å². The number of thiazole rings is 1. The molecule has 7 nitrogen and oxygen atoms in total. The van der Waals surface area contributed by atoms with Crippen molar-refractivity contribution in [2.75, 3.05) is 5.32 Å². The highest BCUT2D eigenvalue weighted by molar-refractivity contribution is 7.20. The van der Waals surface area contributed by atoms with Crippen LogP contribution in [0.5, 0.6) is 0 Å². The number of hydrogen-bond donors (Lipinski definition) is 1. The molecule has 0 atom stereocenters. The Balaban J connectivity index is 1.56. The summed E-state index contributed by atoms with van der Waals surface area (Å²) in [4.78, 5) is 21.8. The number of carbonyl (C=O) groups excluding carboxylic acids is 1. The van der Waals surface area contributed by atoms with Gasteiger partial charge in [0.2, 0.25) is 5.13 Å². The number of halogens is 1. The van der Waals surface area contributed by atoms with Crippen molar-refractivity contribution in [3.63, 3.8) is 0 Å². The monoisotopic (exact) mass is 406 g/mol. The average Bonchev–Trinajstić information content (AvgIpc) is 3.36. The number of imidazole rings is 1. The third-order valence-corrected chi connectivity index (χ3v) is 5.53. The van der Waals surface area contributed by atoms with Gasteiger partial charge in [0.05, 0.1) is 16.1 Å². The average molecular weight is 406 g/mol. The summed E-state index contributed by atoms with van der Waals surface area (Å²) in [5, 5.41) is 7.80. The Morgan fingerprint density at radius 2 is 2.00 bits per heavy atom. The first-order valence-electron chi connectivity index (χ1n) is 8.88. The van der Waals surface area contributed by atoms with Crippen LogP contribution in [0, 0.1) is 19.7 Å². The Morgan fingerprint density at radius 3 is 2.83 bits per heavy atom. The number of rotatable bonds is 3. The lowest BCUT2D eigenvalue weighted by Gasteiger charge is -2.07. The Labute approximate surface area is 168 Å². The number of carbonyl (C=O) groups is 1. The molecule has 4 heterocycles. The van der Waals surface area contributed by atoms with Gasteiger partial charge in [-0.3, -0.25) is 9.20 Å². The van der Waals surface area contributed by atoms with E-state index in [0.717, 1.165) is 0 Å². The molecule has 0 saturated heterocycles. The van der Waals surface area contributed by atoms with E-state index in [-0.39, 0.29) is 17.2 Å². The van der Waals surface area contributed by atoms with E-state index in [0.29, 0.717) is 38.4 Å². The van der Waals surface area contributed by atoms with Crippen LogP contribution < -0.4 is 5.32 Å². The van der Waals surface area contributed by atoms with E-state index in [2.05, 4.69) is 20.4 Å². The van der Waals surface area contributed by atoms with Gasteiger partial charge in [-0.1, -0.05) is 23.5 Å². The summed E-state index contributed by atoms with van der Waals surface area (Å²) in [6.45, 7) is 3.61. The highest BCUT2D eigenvalue weighted by atomic mass is 32.1. The number of anilines is 1. The van der Waals surface area contributed by atoms with E-state index in [9.17, 15) is 9.18 Å². The molecule has 9 heteroatoms. The molecule has 0 aliphatic rings. The van der Waals surface area contributed by atoms with Crippen molar-refractivity contribution in [3.05, 3.63) is 71.6 Å². The number of pyridine rings is 1. The standard InChI is InChI=1S/C20H15FN6OS/c1-11-10-16(23-19(28)18-12(2)22-15-8-3-4-9-26(15)18)27(25-11)20-24-17-13(21)6-5-7-14(17)29-20/h3-10H,1-2H3,(H,23,28). The summed E-state index contributed by atoms with van der Waals surface area (Å²) in [5.74, 6) is -0.243. The van der Waals surface area contributed by atoms with E-state index < -0.39 is 0 Å². The van der Waals surface area contributed by atoms with Crippen LogP contribution in [-0.2, 0) is 0 Å². The summed E-state index contributed by atoms with van der Waals surface area (Å²) < 4.78 is 18.0. The number of amides is 1. The van der Waals surface area contributed by atoms with Gasteiger partial charge in [0, 0.05) is 12.3 Å². The summed E-state index contributed by atoms with van der Waals surface area (Å²) >= 11 is 1.30. The number of nitrogens with zero attached hydrogens (tertiary/aromatic N) is 5. The highest BCUT2D eigenvalue weighted by Gasteiger charge is 2.20. The van der Waals surface area contributed by atoms with E-state index in [1.165, 1.54) is 22.1 Å². The summed E-state index contributed by atoms with van der Waals surface area (Å²) in [6, 6.07) is 12.1. The van der Waals surface area contributed by atoms with Crippen molar-refractivity contribution < 1.29 is 9.18 Å². The van der Waals surface area contributed by atoms with Gasteiger partial charge in [-0.25, -0.2) is 14.4 Å². The van der Waals surface area contributed by atoms with Crippen LogP contribution >= 0.6 is 11.3 Å². The summed E-state index contributed by atoms with van der Waals surface area (Å²) in [7, 11) is 0. The Bertz CT molecular complexity index is 1400. The maximum absolute atomic E-state index is 14.0. The lowest BCUT2D eigenvalue weighted by molar-refractivity contribution is 0.102. The lowest BCUT2D eigenvalue weighted by Crippen LogP contribution is -2.18. The van der Waals surface area contributed by atoms with Crippen LogP contribution in [0.3, 0.4) is 0 Å². The first kappa shape index (κ1) is 17.5. The number of nitrogens with one attached hydrogen (secondary N) is 1. The second-order valence-electron chi connectivity index (χ2n) is 6.59. The molecule has 144 valence electrons. The zero-order valence-electron chi connectivity index (χ0n) is 15.5. The molecule has 0 spiro atoms. The maximum atomic E-state index is 14.0. The fraction of sp³-hybridized carbons (Fsp3) is 0.100. The molecule has 0 aliphatic carbocycles. The quantitative estimate of drug-likeness (QED) is 0.489. The van der Waals surface area contributed by atoms with Gasteiger partial charge in [0.1, 0.15) is 28.5 Å². The normalized spacial score (nSPS) is 11.4. The molecule has 4 aromatic heterocycles. The first-order valence-corrected chi connectivity index (χ1v) is 9.70. The molecular formula is C20H15FN6OS. The molecule has 1 aromatic carbocycles. The molecule has 0 saturated carbocycles. The second-order valence-corrected chi connectivity index (χ2v) is 7.60. The predicted octanol–water partition coefficient (Wildman–Crippen LogP) is 4.14. The minimum absolute atomic E-state index is 0.288. The summed E-state index contributed by atoms with van der Waals surface area (Å²) in [5.41, 5.74) is 2.76. The molecule has 0 bridgehead atoms. The number of hydrogen-bond acceptors (Lipinski definition) is 5. The van der Waals surface area contributed by atoms with Crippen LogP contribution in [0.25, 0.3) is 21.0 Å². The van der Waals surface area contributed by atoms with Gasteiger partial charge in [-0.05, 0) is 38.1 Å². The topological polar surface area (TPSA) is 77.1 Å². The third-order valence-electron chi connectivity index (χ3n) is 4.53. The molecule has 0 aliphatic heterocycles. The molecule has 5 rings (SSSR count). The maximum Gasteiger partial charge on any atom is 0.275 e. The summed E-state index contributed by atoms with van der Waals surface area (Å²) in [6.07, 6.45) is 1.79. The van der Waals surface area contributed by atoms with Crippen molar-refractivity contribution >= 4 is 38.9 Å². The molecule has 1 N–H and O–H groups in total. The number of para-hydroxylation sites is 1. The molecule has 0 fully saturated rings.